The summed E-state index contributed by atoms with van der Waals surface area (Å²) >= 11 is 0. The van der Waals surface area contributed by atoms with Gasteiger partial charge in [-0.3, -0.25) is 4.98 Å². The predicted molar refractivity (Wildman–Crippen MR) is 97.6 cm³/mol. The van der Waals surface area contributed by atoms with Gasteiger partial charge in [0.05, 0.1) is 24.0 Å². The lowest BCUT2D eigenvalue weighted by Gasteiger charge is -2.04. The molecule has 0 aliphatic carbocycles. The number of nitrogens with zero attached hydrogens (tertiary/aromatic N) is 6. The highest BCUT2D eigenvalue weighted by Gasteiger charge is 2.18. The molecule has 0 atom stereocenters. The lowest BCUT2D eigenvalue weighted by Crippen LogP contribution is -2.02. The molecule has 0 bridgehead atoms. The molecule has 0 amide bonds. The van der Waals surface area contributed by atoms with Crippen molar-refractivity contribution >= 4 is 0 Å². The number of pyridine rings is 1. The van der Waals surface area contributed by atoms with Crippen LogP contribution in [0, 0.1) is 0 Å². The van der Waals surface area contributed by atoms with Gasteiger partial charge in [-0.05, 0) is 23.3 Å². The number of alkyl halides is 2. The van der Waals surface area contributed by atoms with Crippen LogP contribution in [0.2, 0.25) is 0 Å². The molecule has 0 radical (unpaired) electrons. The largest absolute Gasteiger partial charge is 0.415 e. The van der Waals surface area contributed by atoms with Gasteiger partial charge in [0.2, 0.25) is 5.89 Å². The maximum absolute atomic E-state index is 12.6. The van der Waals surface area contributed by atoms with Gasteiger partial charge < -0.3 is 9.73 Å². The first kappa shape index (κ1) is 17.6. The molecule has 146 valence electrons. The first-order valence-electron chi connectivity index (χ1n) is 8.96. The normalized spacial score (nSPS) is 13.2. The topological polar surface area (TPSA) is 94.6 Å². The van der Waals surface area contributed by atoms with Crippen molar-refractivity contribution in [1.29, 1.82) is 0 Å². The molecule has 0 saturated heterocycles. The number of hydrogen-bond donors (Lipinski definition) is 1. The van der Waals surface area contributed by atoms with Crippen LogP contribution in [-0.2, 0) is 19.6 Å². The summed E-state index contributed by atoms with van der Waals surface area (Å²) in [5.74, 6) is -0.698. The van der Waals surface area contributed by atoms with Crippen molar-refractivity contribution in [3.05, 3.63) is 65.4 Å². The molecule has 0 unspecified atom stereocenters. The fourth-order valence-electron chi connectivity index (χ4n) is 3.32. The summed E-state index contributed by atoms with van der Waals surface area (Å²) in [6.07, 6.45) is 0.592. The van der Waals surface area contributed by atoms with Crippen LogP contribution in [-0.4, -0.2) is 30.2 Å². The lowest BCUT2D eigenvalue weighted by atomic mass is 10.0. The Morgan fingerprint density at radius 3 is 2.83 bits per heavy atom. The minimum atomic E-state index is -2.80. The second kappa shape index (κ2) is 7.13. The fourth-order valence-corrected chi connectivity index (χ4v) is 3.32. The first-order valence-corrected chi connectivity index (χ1v) is 8.96. The quantitative estimate of drug-likeness (QED) is 0.555. The van der Waals surface area contributed by atoms with Crippen molar-refractivity contribution in [3.63, 3.8) is 0 Å². The smallest absolute Gasteiger partial charge is 0.314 e. The van der Waals surface area contributed by atoms with E-state index in [1.54, 1.807) is 16.8 Å². The van der Waals surface area contributed by atoms with Crippen molar-refractivity contribution in [3.8, 4) is 22.7 Å². The molecule has 3 aromatic heterocycles. The molecule has 29 heavy (non-hydrogen) atoms. The van der Waals surface area contributed by atoms with Crippen molar-refractivity contribution < 1.29 is 13.2 Å². The molecule has 10 heteroatoms. The van der Waals surface area contributed by atoms with Gasteiger partial charge in [0, 0.05) is 24.8 Å². The number of nitrogens with one attached hydrogen (secondary N) is 1. The summed E-state index contributed by atoms with van der Waals surface area (Å²) < 4.78 is 31.8. The van der Waals surface area contributed by atoms with E-state index in [0.29, 0.717) is 12.1 Å². The Kier molecular flexibility index (Phi) is 4.32. The highest BCUT2D eigenvalue weighted by molar-refractivity contribution is 5.65. The van der Waals surface area contributed by atoms with E-state index in [4.69, 9.17) is 4.42 Å². The number of rotatable bonds is 5. The summed E-state index contributed by atoms with van der Waals surface area (Å²) in [5.41, 5.74) is 5.63. The van der Waals surface area contributed by atoms with E-state index in [9.17, 15) is 8.78 Å². The molecule has 1 N–H and O–H groups in total. The zero-order valence-corrected chi connectivity index (χ0v) is 15.1. The van der Waals surface area contributed by atoms with E-state index in [0.717, 1.165) is 30.0 Å². The minimum Gasteiger partial charge on any atom is -0.415 e. The van der Waals surface area contributed by atoms with Crippen LogP contribution in [0.1, 0.15) is 29.1 Å². The highest BCUT2D eigenvalue weighted by atomic mass is 19.3. The minimum absolute atomic E-state index is 0.00827. The second-order valence-electron chi connectivity index (χ2n) is 6.63. The van der Waals surface area contributed by atoms with Crippen LogP contribution in [0.25, 0.3) is 22.7 Å². The van der Waals surface area contributed by atoms with Crippen LogP contribution < -0.4 is 5.32 Å². The van der Waals surface area contributed by atoms with Crippen molar-refractivity contribution in [2.45, 2.75) is 26.1 Å². The second-order valence-corrected chi connectivity index (χ2v) is 6.63. The van der Waals surface area contributed by atoms with E-state index in [-0.39, 0.29) is 5.89 Å². The third-order valence-electron chi connectivity index (χ3n) is 4.73. The third kappa shape index (κ3) is 3.38. The Balaban J connectivity index is 1.33. The molecule has 5 rings (SSSR count). The summed E-state index contributed by atoms with van der Waals surface area (Å²) in [5, 5.41) is 18.8. The molecule has 0 saturated carbocycles. The standard InChI is InChI=1S/C19H15F2N7O/c20-17(21)19-26-25-18(29-19)12-4-5-13(23-7-12)9-28-10-16(24-27-28)14-3-1-2-11-6-22-8-15(11)14/h1-5,7,10,17,22H,6,8-9H2. The first-order chi connectivity index (χ1) is 14.2. The molecule has 4 heterocycles. The zero-order chi connectivity index (χ0) is 19.8. The van der Waals surface area contributed by atoms with E-state index in [1.165, 1.54) is 17.3 Å². The van der Waals surface area contributed by atoms with Gasteiger partial charge in [-0.25, -0.2) is 4.68 Å². The van der Waals surface area contributed by atoms with Crippen LogP contribution in [0.15, 0.2) is 47.1 Å². The highest BCUT2D eigenvalue weighted by Crippen LogP contribution is 2.28. The third-order valence-corrected chi connectivity index (χ3v) is 4.73. The molecule has 0 spiro atoms. The number of hydrogen-bond acceptors (Lipinski definition) is 7. The van der Waals surface area contributed by atoms with Crippen molar-refractivity contribution in [1.82, 2.24) is 35.5 Å². The molecule has 0 fully saturated rings. The van der Waals surface area contributed by atoms with Crippen LogP contribution in [0.5, 0.6) is 0 Å². The Morgan fingerprint density at radius 1 is 1.10 bits per heavy atom. The average Bonchev–Trinajstić information content (AvgIpc) is 3.48. The van der Waals surface area contributed by atoms with Gasteiger partial charge in [0.25, 0.3) is 5.89 Å². The number of halogens is 2. The maximum Gasteiger partial charge on any atom is 0.314 e. The molecule has 4 aromatic rings. The number of aromatic nitrogens is 6. The molecular formula is C19H15F2N7O. The van der Waals surface area contributed by atoms with Crippen molar-refractivity contribution in [2.24, 2.45) is 0 Å². The fraction of sp³-hybridized carbons (Fsp3) is 0.211. The average molecular weight is 395 g/mol. The Bertz CT molecular complexity index is 1150. The molecule has 1 aliphatic heterocycles. The maximum atomic E-state index is 12.6. The number of benzene rings is 1. The van der Waals surface area contributed by atoms with E-state index in [2.05, 4.69) is 36.9 Å². The van der Waals surface area contributed by atoms with E-state index < -0.39 is 12.3 Å². The molecular weight excluding hydrogens is 380 g/mol. The van der Waals surface area contributed by atoms with E-state index in [1.807, 2.05) is 18.3 Å². The lowest BCUT2D eigenvalue weighted by molar-refractivity contribution is 0.116. The number of fused-ring (bicyclic) bond motifs is 1. The SMILES string of the molecule is FC(F)c1nnc(-c2ccc(Cn3cc(-c4cccc5c4CNC5)nn3)nc2)o1. The summed E-state index contributed by atoms with van der Waals surface area (Å²) in [4.78, 5) is 4.33. The summed E-state index contributed by atoms with van der Waals surface area (Å²) in [6.45, 7) is 2.11. The van der Waals surface area contributed by atoms with Gasteiger partial charge >= 0.3 is 6.43 Å². The van der Waals surface area contributed by atoms with Gasteiger partial charge in [-0.1, -0.05) is 23.4 Å². The molecule has 1 aromatic carbocycles. The zero-order valence-electron chi connectivity index (χ0n) is 15.1. The summed E-state index contributed by atoms with van der Waals surface area (Å²) in [6, 6.07) is 9.64. The monoisotopic (exact) mass is 395 g/mol. The van der Waals surface area contributed by atoms with Crippen molar-refractivity contribution in [2.75, 3.05) is 0 Å². The van der Waals surface area contributed by atoms with Crippen LogP contribution >= 0.6 is 0 Å². The van der Waals surface area contributed by atoms with Crippen LogP contribution in [0.3, 0.4) is 0 Å². The van der Waals surface area contributed by atoms with Gasteiger partial charge in [-0.2, -0.15) is 8.78 Å². The Hall–Kier alpha value is -3.53. The molecule has 1 aliphatic rings. The molecule has 8 nitrogen and oxygen atoms in total. The Morgan fingerprint density at radius 2 is 2.03 bits per heavy atom. The van der Waals surface area contributed by atoms with Crippen LogP contribution in [0.4, 0.5) is 8.78 Å². The predicted octanol–water partition coefficient (Wildman–Crippen LogP) is 2.98. The Labute approximate surface area is 163 Å². The van der Waals surface area contributed by atoms with Gasteiger partial charge in [0.1, 0.15) is 5.69 Å². The van der Waals surface area contributed by atoms with E-state index >= 15 is 0 Å². The summed E-state index contributed by atoms with van der Waals surface area (Å²) in [7, 11) is 0. The van der Waals surface area contributed by atoms with Gasteiger partial charge in [0.15, 0.2) is 0 Å². The van der Waals surface area contributed by atoms with Gasteiger partial charge in [-0.15, -0.1) is 15.3 Å².